The van der Waals surface area contributed by atoms with Crippen LogP contribution in [0, 0.1) is 39.0 Å². The molecule has 0 spiro atoms. The molecule has 0 saturated heterocycles. The summed E-state index contributed by atoms with van der Waals surface area (Å²) < 4.78 is 5.76. The van der Waals surface area contributed by atoms with E-state index in [2.05, 4.69) is 37.4 Å². The van der Waals surface area contributed by atoms with Crippen LogP contribution in [0.3, 0.4) is 0 Å². The summed E-state index contributed by atoms with van der Waals surface area (Å²) >= 11 is 1.41. The predicted octanol–water partition coefficient (Wildman–Crippen LogP) is 7.58. The van der Waals surface area contributed by atoms with Crippen LogP contribution < -0.4 is 5.32 Å². The highest BCUT2D eigenvalue weighted by atomic mass is 32.1. The Morgan fingerprint density at radius 1 is 1.00 bits per heavy atom. The van der Waals surface area contributed by atoms with Crippen LogP contribution in [-0.2, 0) is 0 Å². The van der Waals surface area contributed by atoms with E-state index >= 15 is 0 Å². The molecule has 5 aromatic rings. The van der Waals surface area contributed by atoms with Crippen molar-refractivity contribution in [2.24, 2.45) is 0 Å². The maximum atomic E-state index is 13.6. The van der Waals surface area contributed by atoms with Gasteiger partial charge in [-0.05, 0) is 68.7 Å². The number of aromatic nitrogens is 1. The summed E-state index contributed by atoms with van der Waals surface area (Å²) in [7, 11) is 0. The molecular formula is C29H23N3O2S. The molecule has 6 heteroatoms. The number of benzene rings is 2. The van der Waals surface area contributed by atoms with E-state index < -0.39 is 0 Å². The second-order valence-electron chi connectivity index (χ2n) is 8.58. The Bertz CT molecular complexity index is 1650. The molecule has 3 heterocycles. The molecule has 0 aliphatic heterocycles. The number of nitrogens with one attached hydrogen (secondary N) is 1. The van der Waals surface area contributed by atoms with Gasteiger partial charge in [0.2, 0.25) is 0 Å². The van der Waals surface area contributed by atoms with Gasteiger partial charge >= 0.3 is 0 Å². The fourth-order valence-corrected chi connectivity index (χ4v) is 5.24. The molecule has 3 aromatic heterocycles. The van der Waals surface area contributed by atoms with Crippen LogP contribution in [0.25, 0.3) is 33.5 Å². The van der Waals surface area contributed by atoms with E-state index in [1.807, 2.05) is 56.3 Å². The van der Waals surface area contributed by atoms with Gasteiger partial charge in [-0.25, -0.2) is 4.98 Å². The first-order valence-electron chi connectivity index (χ1n) is 11.2. The molecule has 0 radical (unpaired) electrons. The molecule has 0 aliphatic carbocycles. The third-order valence-electron chi connectivity index (χ3n) is 6.17. The molecule has 0 bridgehead atoms. The largest absolute Gasteiger partial charge is 0.460 e. The fourth-order valence-electron chi connectivity index (χ4n) is 4.22. The highest BCUT2D eigenvalue weighted by Crippen LogP contribution is 2.40. The Labute approximate surface area is 207 Å². The van der Waals surface area contributed by atoms with Crippen LogP contribution >= 0.6 is 11.3 Å². The van der Waals surface area contributed by atoms with Crippen molar-refractivity contribution in [3.63, 3.8) is 0 Å². The number of carbonyl (C=O) groups excluding carboxylic acids is 1. The standard InChI is InChI=1S/C29H23N3O2S/c1-16-9-11-20(13-17(16)2)27-19(4)35-29(23(27)15-30)32-28(33)22-14-25(26-12-10-18(3)34-26)31-24-8-6-5-7-21(22)24/h5-14H,1-4H3,(H,32,33). The van der Waals surface area contributed by atoms with Crippen molar-refractivity contribution in [1.29, 1.82) is 5.26 Å². The van der Waals surface area contributed by atoms with Gasteiger partial charge in [-0.15, -0.1) is 11.3 Å². The number of hydrogen-bond acceptors (Lipinski definition) is 5. The van der Waals surface area contributed by atoms with Crippen molar-refractivity contribution < 1.29 is 9.21 Å². The second kappa shape index (κ2) is 8.86. The third kappa shape index (κ3) is 4.11. The highest BCUT2D eigenvalue weighted by Gasteiger charge is 2.22. The molecule has 5 nitrogen and oxygen atoms in total. The number of para-hydroxylation sites is 1. The van der Waals surface area contributed by atoms with Crippen LogP contribution in [0.2, 0.25) is 0 Å². The van der Waals surface area contributed by atoms with E-state index in [1.54, 1.807) is 6.07 Å². The van der Waals surface area contributed by atoms with Crippen molar-refractivity contribution in [3.05, 3.63) is 93.6 Å². The summed E-state index contributed by atoms with van der Waals surface area (Å²) in [6.07, 6.45) is 0. The van der Waals surface area contributed by atoms with Crippen LogP contribution in [0.1, 0.15) is 37.7 Å². The lowest BCUT2D eigenvalue weighted by Crippen LogP contribution is -2.13. The fraction of sp³-hybridized carbons (Fsp3) is 0.138. The van der Waals surface area contributed by atoms with E-state index in [4.69, 9.17) is 9.40 Å². The van der Waals surface area contributed by atoms with Gasteiger partial charge < -0.3 is 9.73 Å². The Hall–Kier alpha value is -4.21. The molecule has 5 rings (SSSR count). The lowest BCUT2D eigenvalue weighted by molar-refractivity contribution is 0.102. The van der Waals surface area contributed by atoms with Gasteiger partial charge in [-0.2, -0.15) is 5.26 Å². The molecule has 2 aromatic carbocycles. The van der Waals surface area contributed by atoms with Crippen LogP contribution in [0.15, 0.2) is 65.1 Å². The quantitative estimate of drug-likeness (QED) is 0.289. The summed E-state index contributed by atoms with van der Waals surface area (Å²) in [6, 6.07) is 21.5. The number of anilines is 1. The number of fused-ring (bicyclic) bond motifs is 1. The number of furan rings is 1. The van der Waals surface area contributed by atoms with E-state index in [0.29, 0.717) is 33.1 Å². The number of carbonyl (C=O) groups is 1. The topological polar surface area (TPSA) is 78.9 Å². The van der Waals surface area contributed by atoms with Crippen molar-refractivity contribution in [1.82, 2.24) is 4.98 Å². The van der Waals surface area contributed by atoms with Gasteiger partial charge in [0.1, 0.15) is 22.5 Å². The predicted molar refractivity (Wildman–Crippen MR) is 141 cm³/mol. The zero-order valence-corrected chi connectivity index (χ0v) is 20.7. The normalized spacial score (nSPS) is 10.9. The van der Waals surface area contributed by atoms with Crippen molar-refractivity contribution in [2.75, 3.05) is 5.32 Å². The molecule has 0 fully saturated rings. The summed E-state index contributed by atoms with van der Waals surface area (Å²) in [6.45, 7) is 7.97. The van der Waals surface area contributed by atoms with Gasteiger partial charge in [0.25, 0.3) is 5.91 Å². The molecule has 0 aliphatic rings. The summed E-state index contributed by atoms with van der Waals surface area (Å²) in [5.41, 5.74) is 6.42. The minimum absolute atomic E-state index is 0.294. The van der Waals surface area contributed by atoms with Gasteiger partial charge in [-0.3, -0.25) is 4.79 Å². The minimum Gasteiger partial charge on any atom is -0.460 e. The number of aryl methyl sites for hydroxylation is 4. The van der Waals surface area contributed by atoms with Crippen LogP contribution in [-0.4, -0.2) is 10.9 Å². The monoisotopic (exact) mass is 477 g/mol. The smallest absolute Gasteiger partial charge is 0.257 e. The minimum atomic E-state index is -0.294. The van der Waals surface area contributed by atoms with Gasteiger partial charge in [0, 0.05) is 15.8 Å². The Balaban J connectivity index is 1.58. The lowest BCUT2D eigenvalue weighted by atomic mass is 9.98. The van der Waals surface area contributed by atoms with Crippen LogP contribution in [0.4, 0.5) is 5.00 Å². The molecule has 0 atom stereocenters. The Morgan fingerprint density at radius 2 is 1.80 bits per heavy atom. The first-order valence-corrected chi connectivity index (χ1v) is 12.1. The number of thiophene rings is 1. The number of hydrogen-bond donors (Lipinski definition) is 1. The van der Waals surface area contributed by atoms with Crippen molar-refractivity contribution in [3.8, 4) is 28.7 Å². The van der Waals surface area contributed by atoms with E-state index in [9.17, 15) is 10.1 Å². The summed E-state index contributed by atoms with van der Waals surface area (Å²) in [5.74, 6) is 1.08. The molecule has 0 saturated carbocycles. The molecule has 0 unspecified atom stereocenters. The first kappa shape index (κ1) is 22.6. The molecule has 35 heavy (non-hydrogen) atoms. The Kier molecular flexibility index (Phi) is 5.72. The zero-order valence-electron chi connectivity index (χ0n) is 19.9. The Morgan fingerprint density at radius 3 is 2.51 bits per heavy atom. The summed E-state index contributed by atoms with van der Waals surface area (Å²) in [5, 5.41) is 14.3. The summed E-state index contributed by atoms with van der Waals surface area (Å²) in [4.78, 5) is 19.2. The van der Waals surface area contributed by atoms with Crippen molar-refractivity contribution >= 4 is 33.1 Å². The van der Waals surface area contributed by atoms with E-state index in [0.717, 1.165) is 32.7 Å². The average molecular weight is 478 g/mol. The molecule has 172 valence electrons. The number of nitriles is 1. The third-order valence-corrected chi connectivity index (χ3v) is 7.19. The first-order chi connectivity index (χ1) is 16.9. The zero-order chi connectivity index (χ0) is 24.7. The highest BCUT2D eigenvalue weighted by molar-refractivity contribution is 7.17. The number of rotatable bonds is 4. The number of nitrogens with zero attached hydrogens (tertiary/aromatic N) is 2. The number of amides is 1. The molecular weight excluding hydrogens is 454 g/mol. The average Bonchev–Trinajstić information content (AvgIpc) is 3.42. The second-order valence-corrected chi connectivity index (χ2v) is 9.81. The van der Waals surface area contributed by atoms with Crippen LogP contribution in [0.5, 0.6) is 0 Å². The molecule has 1 N–H and O–H groups in total. The van der Waals surface area contributed by atoms with Crippen molar-refractivity contribution in [2.45, 2.75) is 27.7 Å². The van der Waals surface area contributed by atoms with Gasteiger partial charge in [0.05, 0.1) is 16.6 Å². The van der Waals surface area contributed by atoms with E-state index in [-0.39, 0.29) is 5.91 Å². The lowest BCUT2D eigenvalue weighted by Gasteiger charge is -2.09. The molecule has 1 amide bonds. The van der Waals surface area contributed by atoms with E-state index in [1.165, 1.54) is 16.9 Å². The van der Waals surface area contributed by atoms with Gasteiger partial charge in [-0.1, -0.05) is 36.4 Å². The maximum absolute atomic E-state index is 13.6. The number of pyridine rings is 1. The van der Waals surface area contributed by atoms with Gasteiger partial charge in [0.15, 0.2) is 5.76 Å². The SMILES string of the molecule is Cc1ccc(-c2cc(C(=O)Nc3sc(C)c(-c4ccc(C)c(C)c4)c3C#N)c3ccccc3n2)o1. The maximum Gasteiger partial charge on any atom is 0.257 e.